The summed E-state index contributed by atoms with van der Waals surface area (Å²) >= 11 is 0. The van der Waals surface area contributed by atoms with Gasteiger partial charge in [-0.05, 0) is 87.6 Å². The molecule has 1 saturated carbocycles. The summed E-state index contributed by atoms with van der Waals surface area (Å²) in [6, 6.07) is 16.8. The molecule has 41 heavy (non-hydrogen) atoms. The molecule has 0 aliphatic heterocycles. The van der Waals surface area contributed by atoms with Crippen LogP contribution in [0.1, 0.15) is 54.9 Å². The Bertz CT molecular complexity index is 1480. The number of hydrogen-bond acceptors (Lipinski definition) is 4. The Balaban J connectivity index is 1.71. The molecule has 1 fully saturated rings. The fourth-order valence-corrected chi connectivity index (χ4v) is 6.57. The third-order valence-corrected chi connectivity index (χ3v) is 9.43. The second-order valence-electron chi connectivity index (χ2n) is 10.9. The first-order chi connectivity index (χ1) is 19.5. The second kappa shape index (κ2) is 12.9. The molecule has 1 aliphatic carbocycles. The minimum Gasteiger partial charge on any atom is -0.352 e. The average Bonchev–Trinajstić information content (AvgIpc) is 3.45. The van der Waals surface area contributed by atoms with E-state index in [1.807, 2.05) is 26.0 Å². The maximum absolute atomic E-state index is 14.1. The van der Waals surface area contributed by atoms with E-state index in [4.69, 9.17) is 0 Å². The summed E-state index contributed by atoms with van der Waals surface area (Å²) in [5, 5.41) is 3.05. The third-order valence-electron chi connectivity index (χ3n) is 7.66. The quantitative estimate of drug-likeness (QED) is 0.348. The lowest BCUT2D eigenvalue weighted by Crippen LogP contribution is -2.52. The van der Waals surface area contributed by atoms with Crippen molar-refractivity contribution in [3.05, 3.63) is 94.8 Å². The molecule has 218 valence electrons. The van der Waals surface area contributed by atoms with Crippen LogP contribution in [0.25, 0.3) is 0 Å². The Morgan fingerprint density at radius 2 is 1.54 bits per heavy atom. The molecule has 2 amide bonds. The Hall–Kier alpha value is -3.72. The van der Waals surface area contributed by atoms with Gasteiger partial charge in [-0.15, -0.1) is 0 Å². The predicted octanol–water partition coefficient (Wildman–Crippen LogP) is 5.42. The van der Waals surface area contributed by atoms with E-state index in [1.54, 1.807) is 44.2 Å². The molecule has 9 heteroatoms. The number of nitrogens with one attached hydrogen (secondary N) is 1. The number of carbonyl (C=O) groups is 2. The highest BCUT2D eigenvalue weighted by Gasteiger charge is 2.34. The fraction of sp³-hybridized carbons (Fsp3) is 0.375. The molecule has 0 heterocycles. The number of anilines is 1. The van der Waals surface area contributed by atoms with Crippen LogP contribution >= 0.6 is 0 Å². The van der Waals surface area contributed by atoms with Crippen LogP contribution in [0.3, 0.4) is 0 Å². The molecule has 0 aromatic heterocycles. The van der Waals surface area contributed by atoms with Crippen molar-refractivity contribution in [3.63, 3.8) is 0 Å². The lowest BCUT2D eigenvalue weighted by atomic mass is 10.1. The molecule has 1 aliphatic rings. The molecule has 1 N–H and O–H groups in total. The van der Waals surface area contributed by atoms with E-state index in [0.29, 0.717) is 16.8 Å². The van der Waals surface area contributed by atoms with Gasteiger partial charge in [0.2, 0.25) is 11.8 Å². The number of carbonyl (C=O) groups excluding carboxylic acids is 2. The van der Waals surface area contributed by atoms with Gasteiger partial charge in [-0.25, -0.2) is 12.8 Å². The van der Waals surface area contributed by atoms with Crippen molar-refractivity contribution in [2.24, 2.45) is 0 Å². The number of nitrogens with zero attached hydrogens (tertiary/aromatic N) is 2. The summed E-state index contributed by atoms with van der Waals surface area (Å²) < 4.78 is 42.8. The zero-order valence-electron chi connectivity index (χ0n) is 24.1. The van der Waals surface area contributed by atoms with Crippen LogP contribution in [-0.2, 0) is 26.2 Å². The van der Waals surface area contributed by atoms with Crippen molar-refractivity contribution in [2.75, 3.05) is 10.8 Å². The number of hydrogen-bond donors (Lipinski definition) is 1. The van der Waals surface area contributed by atoms with E-state index in [-0.39, 0.29) is 23.4 Å². The molecule has 4 rings (SSSR count). The number of benzene rings is 3. The fourth-order valence-electron chi connectivity index (χ4n) is 5.10. The summed E-state index contributed by atoms with van der Waals surface area (Å²) in [5.74, 6) is -1.25. The zero-order valence-corrected chi connectivity index (χ0v) is 24.9. The van der Waals surface area contributed by atoms with Crippen LogP contribution in [0.15, 0.2) is 71.6 Å². The van der Waals surface area contributed by atoms with Crippen LogP contribution < -0.4 is 9.62 Å². The molecule has 3 aromatic carbocycles. The minimum absolute atomic E-state index is 0.0174. The van der Waals surface area contributed by atoms with Gasteiger partial charge in [-0.3, -0.25) is 13.9 Å². The maximum Gasteiger partial charge on any atom is 0.264 e. The van der Waals surface area contributed by atoms with Crippen molar-refractivity contribution >= 4 is 27.5 Å². The van der Waals surface area contributed by atoms with E-state index in [0.717, 1.165) is 41.1 Å². The largest absolute Gasteiger partial charge is 0.352 e. The summed E-state index contributed by atoms with van der Waals surface area (Å²) in [6.07, 6.45) is 3.86. The Morgan fingerprint density at radius 1 is 0.927 bits per heavy atom. The molecule has 7 nitrogen and oxygen atoms in total. The topological polar surface area (TPSA) is 86.8 Å². The van der Waals surface area contributed by atoms with Crippen LogP contribution in [0.5, 0.6) is 0 Å². The molecule has 0 spiro atoms. The van der Waals surface area contributed by atoms with E-state index in [2.05, 4.69) is 5.32 Å². The molecular weight excluding hydrogens is 541 g/mol. The molecule has 0 radical (unpaired) electrons. The van der Waals surface area contributed by atoms with Gasteiger partial charge in [-0.1, -0.05) is 54.8 Å². The van der Waals surface area contributed by atoms with Crippen molar-refractivity contribution in [2.45, 2.75) is 76.9 Å². The number of halogens is 1. The Morgan fingerprint density at radius 3 is 2.17 bits per heavy atom. The van der Waals surface area contributed by atoms with E-state index in [1.165, 1.54) is 29.2 Å². The first kappa shape index (κ1) is 30.2. The van der Waals surface area contributed by atoms with Gasteiger partial charge in [-0.2, -0.15) is 0 Å². The molecular formula is C32H38FN3O4S. The van der Waals surface area contributed by atoms with E-state index < -0.39 is 34.3 Å². The number of sulfonamides is 1. The lowest BCUT2D eigenvalue weighted by molar-refractivity contribution is -0.139. The predicted molar refractivity (Wildman–Crippen MR) is 158 cm³/mol. The van der Waals surface area contributed by atoms with Crippen LogP contribution in [0.4, 0.5) is 10.1 Å². The first-order valence-electron chi connectivity index (χ1n) is 14.0. The van der Waals surface area contributed by atoms with Gasteiger partial charge in [0.1, 0.15) is 18.4 Å². The van der Waals surface area contributed by atoms with Crippen LogP contribution in [0, 0.1) is 26.6 Å². The summed E-state index contributed by atoms with van der Waals surface area (Å²) in [6.45, 7) is 6.67. The van der Waals surface area contributed by atoms with Gasteiger partial charge >= 0.3 is 0 Å². The highest BCUT2D eigenvalue weighted by molar-refractivity contribution is 7.92. The average molecular weight is 580 g/mol. The number of aryl methyl sites for hydroxylation is 3. The van der Waals surface area contributed by atoms with Gasteiger partial charge < -0.3 is 10.2 Å². The monoisotopic (exact) mass is 579 g/mol. The Kier molecular flexibility index (Phi) is 9.48. The highest BCUT2D eigenvalue weighted by atomic mass is 32.2. The van der Waals surface area contributed by atoms with E-state index >= 15 is 0 Å². The smallest absolute Gasteiger partial charge is 0.264 e. The van der Waals surface area contributed by atoms with Crippen molar-refractivity contribution in [1.82, 2.24) is 10.2 Å². The number of rotatable bonds is 10. The third kappa shape index (κ3) is 7.33. The lowest BCUT2D eigenvalue weighted by Gasteiger charge is -2.33. The summed E-state index contributed by atoms with van der Waals surface area (Å²) in [4.78, 5) is 28.8. The van der Waals surface area contributed by atoms with Gasteiger partial charge in [0.15, 0.2) is 0 Å². The van der Waals surface area contributed by atoms with Gasteiger partial charge in [0.25, 0.3) is 10.0 Å². The standard InChI is InChI=1S/C32H38FN3O4S/c1-22-10-17-29(18-11-22)41(39,40)36(30-19-23(2)9-12-24(30)3)21-31(37)35(20-26-13-15-27(33)16-14-26)25(4)32(38)34-28-7-5-6-8-28/h9-19,25,28H,5-8,20-21H2,1-4H3,(H,34,38)/t25-/m0/s1. The number of amides is 2. The molecule has 0 bridgehead atoms. The van der Waals surface area contributed by atoms with Crippen molar-refractivity contribution in [1.29, 1.82) is 0 Å². The summed E-state index contributed by atoms with van der Waals surface area (Å²) in [7, 11) is -4.15. The van der Waals surface area contributed by atoms with Gasteiger partial charge in [0.05, 0.1) is 10.6 Å². The molecule has 0 saturated heterocycles. The zero-order chi connectivity index (χ0) is 29.7. The molecule has 0 unspecified atom stereocenters. The maximum atomic E-state index is 14.1. The first-order valence-corrected chi connectivity index (χ1v) is 15.4. The van der Waals surface area contributed by atoms with E-state index in [9.17, 15) is 22.4 Å². The van der Waals surface area contributed by atoms with Crippen molar-refractivity contribution in [3.8, 4) is 0 Å². The Labute approximate surface area is 242 Å². The minimum atomic E-state index is -4.15. The van der Waals surface area contributed by atoms with Crippen LogP contribution in [0.2, 0.25) is 0 Å². The molecule has 3 aromatic rings. The van der Waals surface area contributed by atoms with Crippen LogP contribution in [-0.4, -0.2) is 43.8 Å². The van der Waals surface area contributed by atoms with Crippen molar-refractivity contribution < 1.29 is 22.4 Å². The van der Waals surface area contributed by atoms with Gasteiger partial charge in [0, 0.05) is 12.6 Å². The second-order valence-corrected chi connectivity index (χ2v) is 12.8. The molecule has 1 atom stereocenters. The highest BCUT2D eigenvalue weighted by Crippen LogP contribution is 2.29. The normalized spacial score (nSPS) is 14.5. The summed E-state index contributed by atoms with van der Waals surface area (Å²) in [5.41, 5.74) is 3.46. The SMILES string of the molecule is Cc1ccc(S(=O)(=O)N(CC(=O)N(Cc2ccc(F)cc2)[C@@H](C)C(=O)NC2CCCC2)c2cc(C)ccc2C)cc1.